The fraction of sp³-hybridized carbons (Fsp3) is 0.174. The van der Waals surface area contributed by atoms with Crippen LogP contribution in [0.5, 0.6) is 11.8 Å². The molecule has 0 spiro atoms. The summed E-state index contributed by atoms with van der Waals surface area (Å²) < 4.78 is 49.8. The van der Waals surface area contributed by atoms with Gasteiger partial charge in [0.25, 0.3) is 5.91 Å². The number of amides is 1. The minimum Gasteiger partial charge on any atom is -0.496 e. The minimum absolute atomic E-state index is 0.144. The lowest BCUT2D eigenvalue weighted by atomic mass is 10.1. The first-order chi connectivity index (χ1) is 16.7. The zero-order valence-electron chi connectivity index (χ0n) is 18.8. The number of ether oxygens (including phenoxy) is 2. The molecule has 4 aromatic rings. The van der Waals surface area contributed by atoms with Gasteiger partial charge in [0.05, 0.1) is 26.0 Å². The molecule has 35 heavy (non-hydrogen) atoms. The van der Waals surface area contributed by atoms with E-state index < -0.39 is 17.6 Å². The number of halogens is 3. The van der Waals surface area contributed by atoms with Crippen LogP contribution < -0.4 is 20.1 Å². The summed E-state index contributed by atoms with van der Waals surface area (Å²) in [6, 6.07) is 8.27. The fourth-order valence-corrected chi connectivity index (χ4v) is 3.26. The third-order valence-electron chi connectivity index (χ3n) is 5.05. The molecular weight excluding hydrogens is 465 g/mol. The Morgan fingerprint density at radius 3 is 2.51 bits per heavy atom. The summed E-state index contributed by atoms with van der Waals surface area (Å²) in [6.07, 6.45) is -1.82. The van der Waals surface area contributed by atoms with Crippen molar-refractivity contribution in [1.82, 2.24) is 19.9 Å². The Labute approximate surface area is 197 Å². The van der Waals surface area contributed by atoms with E-state index >= 15 is 0 Å². The highest BCUT2D eigenvalue weighted by atomic mass is 19.4. The molecule has 2 heterocycles. The van der Waals surface area contributed by atoms with Gasteiger partial charge in [-0.1, -0.05) is 6.07 Å². The maximum atomic E-state index is 13.3. The first-order valence-electron chi connectivity index (χ1n) is 10.2. The van der Waals surface area contributed by atoms with E-state index in [1.54, 1.807) is 18.2 Å². The van der Waals surface area contributed by atoms with Crippen molar-refractivity contribution in [2.24, 2.45) is 0 Å². The summed E-state index contributed by atoms with van der Waals surface area (Å²) in [5, 5.41) is 5.77. The van der Waals surface area contributed by atoms with Crippen LogP contribution in [-0.4, -0.2) is 40.1 Å². The number of nitrogens with one attached hydrogen (secondary N) is 2. The number of aryl methyl sites for hydroxylation is 1. The number of aromatic nitrogens is 4. The second kappa shape index (κ2) is 9.41. The van der Waals surface area contributed by atoms with Crippen LogP contribution in [0.25, 0.3) is 11.0 Å². The topological polar surface area (TPSA) is 111 Å². The van der Waals surface area contributed by atoms with Crippen LogP contribution in [0.15, 0.2) is 48.9 Å². The number of carbonyl (C=O) groups is 1. The first-order valence-corrected chi connectivity index (χ1v) is 10.2. The molecule has 2 aromatic heterocycles. The monoisotopic (exact) mass is 484 g/mol. The number of fused-ring (bicyclic) bond motifs is 1. The van der Waals surface area contributed by atoms with E-state index in [0.29, 0.717) is 28.2 Å². The minimum atomic E-state index is -4.67. The molecule has 0 saturated carbocycles. The number of nitrogens with zero attached hydrogens (tertiary/aromatic N) is 4. The van der Waals surface area contributed by atoms with Gasteiger partial charge in [0.1, 0.15) is 23.1 Å². The van der Waals surface area contributed by atoms with Crippen LogP contribution in [0.4, 0.5) is 30.4 Å². The second-order valence-electron chi connectivity index (χ2n) is 7.33. The molecule has 0 radical (unpaired) electrons. The summed E-state index contributed by atoms with van der Waals surface area (Å²) >= 11 is 0. The van der Waals surface area contributed by atoms with Gasteiger partial charge in [-0.15, -0.1) is 0 Å². The van der Waals surface area contributed by atoms with Crippen LogP contribution >= 0.6 is 0 Å². The highest BCUT2D eigenvalue weighted by Gasteiger charge is 2.35. The van der Waals surface area contributed by atoms with E-state index in [-0.39, 0.29) is 17.3 Å². The Bertz CT molecular complexity index is 1410. The molecule has 2 aromatic carbocycles. The van der Waals surface area contributed by atoms with Crippen LogP contribution in [0, 0.1) is 6.92 Å². The van der Waals surface area contributed by atoms with Crippen molar-refractivity contribution in [3.05, 3.63) is 65.6 Å². The summed E-state index contributed by atoms with van der Waals surface area (Å²) in [6.45, 7) is 1.84. The number of alkyl halides is 3. The van der Waals surface area contributed by atoms with Gasteiger partial charge in [0.2, 0.25) is 0 Å². The second-order valence-corrected chi connectivity index (χ2v) is 7.33. The Morgan fingerprint density at radius 2 is 1.80 bits per heavy atom. The van der Waals surface area contributed by atoms with E-state index in [0.717, 1.165) is 24.8 Å². The number of carbonyl (C=O) groups excluding carboxylic acids is 1. The van der Waals surface area contributed by atoms with E-state index in [1.807, 2.05) is 6.92 Å². The lowest BCUT2D eigenvalue weighted by Gasteiger charge is -2.15. The van der Waals surface area contributed by atoms with E-state index in [1.165, 1.54) is 25.7 Å². The van der Waals surface area contributed by atoms with Gasteiger partial charge in [-0.3, -0.25) is 4.79 Å². The van der Waals surface area contributed by atoms with Crippen molar-refractivity contribution in [3.8, 4) is 11.8 Å². The molecule has 0 bridgehead atoms. The third-order valence-corrected chi connectivity index (χ3v) is 5.05. The normalized spacial score (nSPS) is 11.3. The third kappa shape index (κ3) is 5.05. The molecule has 12 heteroatoms. The fourth-order valence-electron chi connectivity index (χ4n) is 3.26. The van der Waals surface area contributed by atoms with Gasteiger partial charge in [-0.2, -0.15) is 18.2 Å². The molecule has 0 aliphatic heterocycles. The Balaban J connectivity index is 1.61. The van der Waals surface area contributed by atoms with Crippen LogP contribution in [-0.2, 0) is 6.18 Å². The number of anilines is 3. The molecule has 180 valence electrons. The van der Waals surface area contributed by atoms with Gasteiger partial charge in [0, 0.05) is 16.9 Å². The van der Waals surface area contributed by atoms with Crippen LogP contribution in [0.1, 0.15) is 21.5 Å². The summed E-state index contributed by atoms with van der Waals surface area (Å²) in [7, 11) is 2.57. The highest BCUT2D eigenvalue weighted by Crippen LogP contribution is 2.37. The smallest absolute Gasteiger partial charge is 0.419 e. The number of methoxy groups -OCH3 is 2. The van der Waals surface area contributed by atoms with Crippen molar-refractivity contribution in [2.75, 3.05) is 24.9 Å². The standard InChI is InChI=1S/C23H19F3N6O3/c1-12-4-6-14(30-21(33)13-5-7-18(34-2)15(8-13)23(24,25)26)9-16(12)31-20-19-17(28-11-29-20)10-27-22(32-19)35-3/h4-11H,1-3H3,(H,30,33)(H,28,29,31). The van der Waals surface area contributed by atoms with E-state index in [2.05, 4.69) is 30.6 Å². The highest BCUT2D eigenvalue weighted by molar-refractivity contribution is 6.05. The molecule has 0 atom stereocenters. The quantitative estimate of drug-likeness (QED) is 0.403. The Hall–Kier alpha value is -4.48. The SMILES string of the molecule is COc1ncc2ncnc(Nc3cc(NC(=O)c4ccc(OC)c(C(F)(F)F)c4)ccc3C)c2n1. The van der Waals surface area contributed by atoms with Crippen molar-refractivity contribution in [1.29, 1.82) is 0 Å². The number of benzene rings is 2. The van der Waals surface area contributed by atoms with Crippen molar-refractivity contribution < 1.29 is 27.4 Å². The Morgan fingerprint density at radius 1 is 1.00 bits per heavy atom. The van der Waals surface area contributed by atoms with Gasteiger partial charge < -0.3 is 20.1 Å². The summed E-state index contributed by atoms with van der Waals surface area (Å²) in [4.78, 5) is 29.4. The molecular formula is C23H19F3N6O3. The van der Waals surface area contributed by atoms with E-state index in [9.17, 15) is 18.0 Å². The van der Waals surface area contributed by atoms with Crippen molar-refractivity contribution in [2.45, 2.75) is 13.1 Å². The maximum absolute atomic E-state index is 13.3. The van der Waals surface area contributed by atoms with Gasteiger partial charge in [-0.05, 0) is 42.8 Å². The molecule has 0 fully saturated rings. The number of rotatable bonds is 6. The average molecular weight is 484 g/mol. The largest absolute Gasteiger partial charge is 0.496 e. The molecule has 0 aliphatic rings. The number of hydrogen-bond donors (Lipinski definition) is 2. The van der Waals surface area contributed by atoms with Crippen LogP contribution in [0.3, 0.4) is 0 Å². The van der Waals surface area contributed by atoms with Crippen LogP contribution in [0.2, 0.25) is 0 Å². The van der Waals surface area contributed by atoms with E-state index in [4.69, 9.17) is 9.47 Å². The molecule has 4 rings (SSSR count). The lowest BCUT2D eigenvalue weighted by molar-refractivity contribution is -0.138. The molecule has 1 amide bonds. The molecule has 0 saturated heterocycles. The predicted molar refractivity (Wildman–Crippen MR) is 122 cm³/mol. The zero-order valence-corrected chi connectivity index (χ0v) is 18.8. The Kier molecular flexibility index (Phi) is 6.36. The summed E-state index contributed by atoms with van der Waals surface area (Å²) in [5.41, 5.74) is 1.48. The molecule has 0 unspecified atom stereocenters. The average Bonchev–Trinajstić information content (AvgIpc) is 2.85. The van der Waals surface area contributed by atoms with Gasteiger partial charge in [0.15, 0.2) is 5.82 Å². The van der Waals surface area contributed by atoms with Gasteiger partial charge in [-0.25, -0.2) is 15.0 Å². The maximum Gasteiger partial charge on any atom is 0.419 e. The number of hydrogen-bond acceptors (Lipinski definition) is 8. The predicted octanol–water partition coefficient (Wildman–Crippen LogP) is 4.76. The van der Waals surface area contributed by atoms with Crippen molar-refractivity contribution in [3.63, 3.8) is 0 Å². The molecule has 2 N–H and O–H groups in total. The summed E-state index contributed by atoms with van der Waals surface area (Å²) in [5.74, 6) is -0.696. The molecule has 9 nitrogen and oxygen atoms in total. The first kappa shape index (κ1) is 23.7. The lowest BCUT2D eigenvalue weighted by Crippen LogP contribution is -2.15. The zero-order chi connectivity index (χ0) is 25.2. The van der Waals surface area contributed by atoms with Crippen molar-refractivity contribution >= 4 is 34.1 Å². The molecule has 0 aliphatic carbocycles. The van der Waals surface area contributed by atoms with Gasteiger partial charge >= 0.3 is 12.2 Å².